The Hall–Kier alpha value is -1.82. The lowest BCUT2D eigenvalue weighted by molar-refractivity contribution is -0.385. The quantitative estimate of drug-likeness (QED) is 0.266. The second-order valence-electron chi connectivity index (χ2n) is 2.48. The van der Waals surface area contributed by atoms with Crippen molar-refractivity contribution in [3.05, 3.63) is 27.8 Å². The average Bonchev–Trinajstić information content (AvgIpc) is 1.96. The molecule has 0 amide bonds. The topological polar surface area (TPSA) is 126 Å². The van der Waals surface area contributed by atoms with Crippen molar-refractivity contribution in [3.8, 4) is 5.75 Å². The van der Waals surface area contributed by atoms with Gasteiger partial charge in [-0.2, -0.15) is 0 Å². The summed E-state index contributed by atoms with van der Waals surface area (Å²) in [6, 6.07) is 2.74. The Labute approximate surface area is 74.7 Å². The van der Waals surface area contributed by atoms with Gasteiger partial charge in [-0.25, -0.2) is 0 Å². The van der Waals surface area contributed by atoms with Crippen molar-refractivity contribution in [2.75, 3.05) is 5.73 Å². The van der Waals surface area contributed by atoms with Crippen LogP contribution >= 0.6 is 0 Å². The van der Waals surface area contributed by atoms with E-state index in [2.05, 4.69) is 0 Å². The first-order chi connectivity index (χ1) is 5.52. The molecule has 0 spiro atoms. The van der Waals surface area contributed by atoms with Crippen molar-refractivity contribution >= 4 is 11.4 Å². The molecule has 0 aliphatic rings. The van der Waals surface area contributed by atoms with Crippen LogP contribution in [0.15, 0.2) is 12.1 Å². The lowest BCUT2D eigenvalue weighted by atomic mass is 10.2. The van der Waals surface area contributed by atoms with Gasteiger partial charge in [0.15, 0.2) is 0 Å². The first kappa shape index (κ1) is 11.2. The van der Waals surface area contributed by atoms with Crippen molar-refractivity contribution in [3.63, 3.8) is 0 Å². The molecule has 0 radical (unpaired) electrons. The SMILES string of the molecule is Cc1cc(N)c(O)c([N+](=O)[O-])c1.[NH4+]. The van der Waals surface area contributed by atoms with Crippen LogP contribution in [-0.4, -0.2) is 10.0 Å². The number of hydrogen-bond donors (Lipinski definition) is 3. The first-order valence-corrected chi connectivity index (χ1v) is 3.26. The number of aryl methyl sites for hydroxylation is 1. The number of nitrogen functional groups attached to an aromatic ring is 1. The molecule has 0 fully saturated rings. The van der Waals surface area contributed by atoms with E-state index in [0.717, 1.165) is 0 Å². The molecule has 0 saturated heterocycles. The monoisotopic (exact) mass is 186 g/mol. The van der Waals surface area contributed by atoms with E-state index in [9.17, 15) is 10.1 Å². The van der Waals surface area contributed by atoms with Crippen LogP contribution in [0.3, 0.4) is 0 Å². The molecule has 1 aromatic carbocycles. The number of benzene rings is 1. The van der Waals surface area contributed by atoms with Gasteiger partial charge in [0.25, 0.3) is 0 Å². The van der Waals surface area contributed by atoms with Gasteiger partial charge in [-0.1, -0.05) is 0 Å². The summed E-state index contributed by atoms with van der Waals surface area (Å²) in [7, 11) is 0. The van der Waals surface area contributed by atoms with E-state index in [1.807, 2.05) is 0 Å². The molecular formula is C7H12N3O3+. The summed E-state index contributed by atoms with van der Waals surface area (Å²) in [6.07, 6.45) is 0. The second kappa shape index (κ2) is 3.72. The zero-order valence-corrected chi connectivity index (χ0v) is 7.44. The fourth-order valence-corrected chi connectivity index (χ4v) is 0.926. The summed E-state index contributed by atoms with van der Waals surface area (Å²) in [6.45, 7) is 1.67. The van der Waals surface area contributed by atoms with E-state index in [4.69, 9.17) is 10.8 Å². The van der Waals surface area contributed by atoms with E-state index in [1.165, 1.54) is 12.1 Å². The Balaban J connectivity index is 0.00000144. The number of nitro groups is 1. The molecule has 0 unspecified atom stereocenters. The standard InChI is InChI=1S/C7H8N2O3.H3N/c1-4-2-5(8)7(10)6(3-4)9(11)12;/h2-3,10H,8H2,1H3;1H3/p+1. The maximum Gasteiger partial charge on any atom is 0.313 e. The van der Waals surface area contributed by atoms with Gasteiger partial charge in [0.05, 0.1) is 10.6 Å². The number of rotatable bonds is 1. The lowest BCUT2D eigenvalue weighted by Gasteiger charge is -2.00. The van der Waals surface area contributed by atoms with Crippen LogP contribution < -0.4 is 11.9 Å². The third kappa shape index (κ3) is 2.06. The Kier molecular flexibility index (Phi) is 3.20. The number of nitro benzene ring substituents is 1. The molecule has 0 aliphatic carbocycles. The summed E-state index contributed by atoms with van der Waals surface area (Å²) >= 11 is 0. The lowest BCUT2D eigenvalue weighted by Crippen LogP contribution is -1.93. The molecule has 7 N–H and O–H groups in total. The minimum Gasteiger partial charge on any atom is -0.501 e. The van der Waals surface area contributed by atoms with Gasteiger partial charge < -0.3 is 17.0 Å². The van der Waals surface area contributed by atoms with Crippen LogP contribution in [-0.2, 0) is 0 Å². The largest absolute Gasteiger partial charge is 0.501 e. The normalized spacial score (nSPS) is 9.00. The third-order valence-corrected chi connectivity index (χ3v) is 1.46. The molecule has 0 atom stereocenters. The predicted octanol–water partition coefficient (Wildman–Crippen LogP) is 1.57. The third-order valence-electron chi connectivity index (χ3n) is 1.46. The molecule has 0 saturated carbocycles. The highest BCUT2D eigenvalue weighted by Crippen LogP contribution is 2.32. The van der Waals surface area contributed by atoms with Crippen molar-refractivity contribution in [2.45, 2.75) is 6.92 Å². The van der Waals surface area contributed by atoms with Gasteiger partial charge in [-0.05, 0) is 18.6 Å². The zero-order chi connectivity index (χ0) is 9.30. The summed E-state index contributed by atoms with van der Waals surface area (Å²) in [5, 5.41) is 19.4. The Morgan fingerprint density at radius 3 is 2.54 bits per heavy atom. The van der Waals surface area contributed by atoms with Crippen LogP contribution in [0.4, 0.5) is 11.4 Å². The smallest absolute Gasteiger partial charge is 0.313 e. The number of nitrogens with two attached hydrogens (primary N) is 1. The number of aromatic hydroxyl groups is 1. The summed E-state index contributed by atoms with van der Waals surface area (Å²) in [5.74, 6) is -0.467. The van der Waals surface area contributed by atoms with Crippen LogP contribution in [0.1, 0.15) is 5.56 Å². The summed E-state index contributed by atoms with van der Waals surface area (Å²) in [5.41, 5.74) is 5.63. The Morgan fingerprint density at radius 1 is 1.54 bits per heavy atom. The fourth-order valence-electron chi connectivity index (χ4n) is 0.926. The number of phenols is 1. The van der Waals surface area contributed by atoms with Gasteiger partial charge in [0.1, 0.15) is 0 Å². The molecule has 13 heavy (non-hydrogen) atoms. The van der Waals surface area contributed by atoms with E-state index < -0.39 is 10.7 Å². The zero-order valence-electron chi connectivity index (χ0n) is 7.44. The summed E-state index contributed by atoms with van der Waals surface area (Å²) < 4.78 is 0. The van der Waals surface area contributed by atoms with Crippen LogP contribution in [0.25, 0.3) is 0 Å². The maximum atomic E-state index is 10.3. The van der Waals surface area contributed by atoms with E-state index in [-0.39, 0.29) is 17.5 Å². The minimum absolute atomic E-state index is 0. The molecular weight excluding hydrogens is 174 g/mol. The number of phenolic OH excluding ortho intramolecular Hbond substituents is 1. The maximum absolute atomic E-state index is 10.3. The molecule has 0 aliphatic heterocycles. The molecule has 6 heteroatoms. The molecule has 0 bridgehead atoms. The number of quaternary nitrogens is 1. The minimum atomic E-state index is -0.668. The fraction of sp³-hybridized carbons (Fsp3) is 0.143. The van der Waals surface area contributed by atoms with Gasteiger partial charge in [-0.3, -0.25) is 10.1 Å². The first-order valence-electron chi connectivity index (χ1n) is 3.26. The number of hydrogen-bond acceptors (Lipinski definition) is 4. The van der Waals surface area contributed by atoms with Crippen LogP contribution in [0.5, 0.6) is 5.75 Å². The van der Waals surface area contributed by atoms with Crippen molar-refractivity contribution in [2.24, 2.45) is 0 Å². The van der Waals surface area contributed by atoms with Crippen LogP contribution in [0, 0.1) is 17.0 Å². The molecule has 0 heterocycles. The van der Waals surface area contributed by atoms with Crippen molar-refractivity contribution in [1.29, 1.82) is 0 Å². The highest BCUT2D eigenvalue weighted by molar-refractivity contribution is 5.64. The summed E-state index contributed by atoms with van der Waals surface area (Å²) in [4.78, 5) is 9.65. The molecule has 6 nitrogen and oxygen atoms in total. The van der Waals surface area contributed by atoms with E-state index in [0.29, 0.717) is 5.56 Å². The van der Waals surface area contributed by atoms with Gasteiger partial charge in [0, 0.05) is 6.07 Å². The number of anilines is 1. The van der Waals surface area contributed by atoms with Crippen molar-refractivity contribution in [1.82, 2.24) is 6.15 Å². The predicted molar refractivity (Wildman–Crippen MR) is 49.9 cm³/mol. The van der Waals surface area contributed by atoms with E-state index >= 15 is 0 Å². The van der Waals surface area contributed by atoms with E-state index in [1.54, 1.807) is 6.92 Å². The number of nitrogens with zero attached hydrogens (tertiary/aromatic N) is 1. The molecule has 1 aromatic rings. The molecule has 72 valence electrons. The van der Waals surface area contributed by atoms with Crippen molar-refractivity contribution < 1.29 is 10.0 Å². The Bertz CT molecular complexity index is 338. The Morgan fingerprint density at radius 2 is 2.08 bits per heavy atom. The highest BCUT2D eigenvalue weighted by atomic mass is 16.6. The second-order valence-corrected chi connectivity index (χ2v) is 2.48. The molecule has 0 aromatic heterocycles. The average molecular weight is 186 g/mol. The highest BCUT2D eigenvalue weighted by Gasteiger charge is 2.15. The van der Waals surface area contributed by atoms with Crippen LogP contribution in [0.2, 0.25) is 0 Å². The van der Waals surface area contributed by atoms with Gasteiger partial charge in [-0.15, -0.1) is 0 Å². The molecule has 1 rings (SSSR count). The van der Waals surface area contributed by atoms with Gasteiger partial charge >= 0.3 is 5.69 Å². The van der Waals surface area contributed by atoms with Gasteiger partial charge in [0.2, 0.25) is 5.75 Å².